The first kappa shape index (κ1) is 19.4. The Bertz CT molecular complexity index is 750. The SMILES string of the molecule is CC(C)Oc1ccc(Br)cc1C(=O)NC(=S)NC(C)c1ccccc1. The van der Waals surface area contributed by atoms with Crippen LogP contribution < -0.4 is 15.4 Å². The van der Waals surface area contributed by atoms with E-state index in [1.165, 1.54) is 0 Å². The highest BCUT2D eigenvalue weighted by atomic mass is 79.9. The molecule has 0 heterocycles. The van der Waals surface area contributed by atoms with Gasteiger partial charge in [0.25, 0.3) is 5.91 Å². The number of hydrogen-bond donors (Lipinski definition) is 2. The van der Waals surface area contributed by atoms with E-state index in [-0.39, 0.29) is 23.2 Å². The van der Waals surface area contributed by atoms with Gasteiger partial charge < -0.3 is 10.1 Å². The lowest BCUT2D eigenvalue weighted by molar-refractivity contribution is 0.0970. The maximum absolute atomic E-state index is 12.6. The lowest BCUT2D eigenvalue weighted by Crippen LogP contribution is -2.40. The number of ether oxygens (including phenoxy) is 1. The third-order valence-electron chi connectivity index (χ3n) is 3.42. The predicted octanol–water partition coefficient (Wildman–Crippen LogP) is 4.60. The standard InChI is InChI=1S/C19H21BrN2O2S/c1-12(2)24-17-10-9-15(20)11-16(17)18(23)22-19(25)21-13(3)14-7-5-4-6-8-14/h4-13H,1-3H3,(H2,21,22,23,25). The Hall–Kier alpha value is -1.92. The number of amides is 1. The van der Waals surface area contributed by atoms with Crippen LogP contribution in [0.15, 0.2) is 53.0 Å². The molecule has 0 saturated heterocycles. The van der Waals surface area contributed by atoms with Gasteiger partial charge in [-0.25, -0.2) is 0 Å². The van der Waals surface area contributed by atoms with Crippen LogP contribution in [-0.4, -0.2) is 17.1 Å². The van der Waals surface area contributed by atoms with Crippen molar-refractivity contribution in [3.8, 4) is 5.75 Å². The first-order valence-electron chi connectivity index (χ1n) is 8.00. The predicted molar refractivity (Wildman–Crippen MR) is 108 cm³/mol. The lowest BCUT2D eigenvalue weighted by Gasteiger charge is -2.18. The maximum Gasteiger partial charge on any atom is 0.261 e. The molecule has 4 nitrogen and oxygen atoms in total. The summed E-state index contributed by atoms with van der Waals surface area (Å²) in [6.07, 6.45) is -0.0316. The van der Waals surface area contributed by atoms with Crippen molar-refractivity contribution in [1.29, 1.82) is 0 Å². The smallest absolute Gasteiger partial charge is 0.261 e. The molecule has 2 rings (SSSR count). The number of carbonyl (C=O) groups is 1. The Morgan fingerprint density at radius 3 is 2.44 bits per heavy atom. The zero-order chi connectivity index (χ0) is 18.4. The van der Waals surface area contributed by atoms with Crippen LogP contribution in [0.3, 0.4) is 0 Å². The normalized spacial score (nSPS) is 11.7. The fraction of sp³-hybridized carbons (Fsp3) is 0.263. The third kappa shape index (κ3) is 5.83. The molecule has 0 aromatic heterocycles. The van der Waals surface area contributed by atoms with Crippen molar-refractivity contribution in [2.24, 2.45) is 0 Å². The topological polar surface area (TPSA) is 50.4 Å². The van der Waals surface area contributed by atoms with Crippen molar-refractivity contribution in [3.05, 3.63) is 64.1 Å². The second-order valence-electron chi connectivity index (χ2n) is 5.87. The Balaban J connectivity index is 2.06. The molecule has 132 valence electrons. The van der Waals surface area contributed by atoms with E-state index in [2.05, 4.69) is 26.6 Å². The molecule has 0 saturated carbocycles. The van der Waals surface area contributed by atoms with Crippen LogP contribution in [0.1, 0.15) is 42.7 Å². The molecule has 0 bridgehead atoms. The number of thiocarbonyl (C=S) groups is 1. The van der Waals surface area contributed by atoms with Crippen molar-refractivity contribution in [1.82, 2.24) is 10.6 Å². The highest BCUT2D eigenvalue weighted by Crippen LogP contribution is 2.24. The number of halogens is 1. The summed E-state index contributed by atoms with van der Waals surface area (Å²) in [5.74, 6) is 0.212. The van der Waals surface area contributed by atoms with E-state index in [4.69, 9.17) is 17.0 Å². The van der Waals surface area contributed by atoms with Gasteiger partial charge in [0.15, 0.2) is 5.11 Å². The molecular formula is C19H21BrN2O2S. The summed E-state index contributed by atoms with van der Waals surface area (Å²) < 4.78 is 6.50. The zero-order valence-corrected chi connectivity index (χ0v) is 16.8. The number of benzene rings is 2. The number of nitrogens with one attached hydrogen (secondary N) is 2. The van der Waals surface area contributed by atoms with Crippen LogP contribution in [0.2, 0.25) is 0 Å². The second-order valence-corrected chi connectivity index (χ2v) is 7.19. The summed E-state index contributed by atoms with van der Waals surface area (Å²) in [5, 5.41) is 6.11. The quantitative estimate of drug-likeness (QED) is 0.693. The van der Waals surface area contributed by atoms with E-state index in [0.29, 0.717) is 11.3 Å². The highest BCUT2D eigenvalue weighted by molar-refractivity contribution is 9.10. The number of hydrogen-bond acceptors (Lipinski definition) is 3. The van der Waals surface area contributed by atoms with Gasteiger partial charge in [0.05, 0.1) is 17.7 Å². The third-order valence-corrected chi connectivity index (χ3v) is 4.14. The van der Waals surface area contributed by atoms with E-state index < -0.39 is 0 Å². The molecule has 0 aliphatic rings. The Labute approximate surface area is 162 Å². The largest absolute Gasteiger partial charge is 0.490 e. The van der Waals surface area contributed by atoms with E-state index in [9.17, 15) is 4.79 Å². The average molecular weight is 421 g/mol. The Morgan fingerprint density at radius 1 is 1.12 bits per heavy atom. The van der Waals surface area contributed by atoms with Crippen molar-refractivity contribution >= 4 is 39.2 Å². The van der Waals surface area contributed by atoms with Gasteiger partial charge in [-0.15, -0.1) is 0 Å². The molecule has 0 fully saturated rings. The minimum absolute atomic E-state index is 0.0112. The molecule has 2 aromatic carbocycles. The van der Waals surface area contributed by atoms with Crippen LogP contribution >= 0.6 is 28.1 Å². The first-order valence-corrected chi connectivity index (χ1v) is 9.20. The molecule has 6 heteroatoms. The van der Waals surface area contributed by atoms with Crippen LogP contribution in [0.4, 0.5) is 0 Å². The molecule has 25 heavy (non-hydrogen) atoms. The van der Waals surface area contributed by atoms with Gasteiger partial charge in [-0.3, -0.25) is 10.1 Å². The van der Waals surface area contributed by atoms with Crippen molar-refractivity contribution in [2.75, 3.05) is 0 Å². The molecule has 1 amide bonds. The lowest BCUT2D eigenvalue weighted by atomic mass is 10.1. The van der Waals surface area contributed by atoms with Gasteiger partial charge in [0, 0.05) is 4.47 Å². The molecule has 0 spiro atoms. The van der Waals surface area contributed by atoms with Crippen molar-refractivity contribution in [3.63, 3.8) is 0 Å². The molecule has 0 aliphatic heterocycles. The summed E-state index contributed by atoms with van der Waals surface area (Å²) in [5.41, 5.74) is 1.52. The summed E-state index contributed by atoms with van der Waals surface area (Å²) >= 11 is 8.66. The molecular weight excluding hydrogens is 400 g/mol. The van der Waals surface area contributed by atoms with Gasteiger partial charge >= 0.3 is 0 Å². The fourth-order valence-electron chi connectivity index (χ4n) is 2.26. The minimum Gasteiger partial charge on any atom is -0.490 e. The molecule has 2 N–H and O–H groups in total. The second kappa shape index (κ2) is 8.97. The van der Waals surface area contributed by atoms with Gasteiger partial charge in [-0.2, -0.15) is 0 Å². The highest BCUT2D eigenvalue weighted by Gasteiger charge is 2.16. The van der Waals surface area contributed by atoms with E-state index in [0.717, 1.165) is 10.0 Å². The van der Waals surface area contributed by atoms with Crippen LogP contribution in [0.25, 0.3) is 0 Å². The van der Waals surface area contributed by atoms with Gasteiger partial charge in [0.1, 0.15) is 5.75 Å². The Kier molecular flexibility index (Phi) is 6.96. The molecule has 1 atom stereocenters. The molecule has 2 aromatic rings. The van der Waals surface area contributed by atoms with Gasteiger partial charge in [-0.05, 0) is 56.8 Å². The van der Waals surface area contributed by atoms with Crippen molar-refractivity contribution < 1.29 is 9.53 Å². The van der Waals surface area contributed by atoms with Gasteiger partial charge in [-0.1, -0.05) is 46.3 Å². The van der Waals surface area contributed by atoms with Gasteiger partial charge in [0.2, 0.25) is 0 Å². The summed E-state index contributed by atoms with van der Waals surface area (Å²) in [6.45, 7) is 5.81. The summed E-state index contributed by atoms with van der Waals surface area (Å²) in [7, 11) is 0. The minimum atomic E-state index is -0.310. The number of carbonyl (C=O) groups excluding carboxylic acids is 1. The maximum atomic E-state index is 12.6. The average Bonchev–Trinajstić information content (AvgIpc) is 2.56. The number of rotatable bonds is 5. The van der Waals surface area contributed by atoms with Crippen molar-refractivity contribution in [2.45, 2.75) is 32.9 Å². The summed E-state index contributed by atoms with van der Waals surface area (Å²) in [4.78, 5) is 12.6. The zero-order valence-electron chi connectivity index (χ0n) is 14.4. The van der Waals surface area contributed by atoms with Crippen LogP contribution in [-0.2, 0) is 0 Å². The fourth-order valence-corrected chi connectivity index (χ4v) is 2.90. The molecule has 0 radical (unpaired) electrons. The van der Waals surface area contributed by atoms with Crippen LogP contribution in [0, 0.1) is 0 Å². The van der Waals surface area contributed by atoms with E-state index in [1.54, 1.807) is 12.1 Å². The molecule has 1 unspecified atom stereocenters. The van der Waals surface area contributed by atoms with E-state index in [1.807, 2.05) is 57.2 Å². The first-order chi connectivity index (χ1) is 11.9. The molecule has 0 aliphatic carbocycles. The van der Waals surface area contributed by atoms with Crippen LogP contribution in [0.5, 0.6) is 5.75 Å². The summed E-state index contributed by atoms with van der Waals surface area (Å²) in [6, 6.07) is 15.2. The monoisotopic (exact) mass is 420 g/mol. The van der Waals surface area contributed by atoms with E-state index >= 15 is 0 Å². The Morgan fingerprint density at radius 2 is 1.80 bits per heavy atom.